The Kier molecular flexibility index (Phi) is 4.94. The summed E-state index contributed by atoms with van der Waals surface area (Å²) >= 11 is 0.921. The summed E-state index contributed by atoms with van der Waals surface area (Å²) in [6.45, 7) is -2.90. The molecule has 0 radical (unpaired) electrons. The van der Waals surface area contributed by atoms with E-state index in [1.54, 1.807) is 6.07 Å². The summed E-state index contributed by atoms with van der Waals surface area (Å²) in [5.74, 6) is -0.958. The van der Waals surface area contributed by atoms with Crippen LogP contribution in [0.15, 0.2) is 48.5 Å². The largest absolute Gasteiger partial charge is 0.435 e. The number of hydrogen-bond donors (Lipinski definition) is 1. The van der Waals surface area contributed by atoms with Crippen LogP contribution in [0.25, 0.3) is 11.4 Å². The maximum atomic E-state index is 13.6. The number of alkyl halides is 2. The molecule has 0 unspecified atom stereocenters. The maximum absolute atomic E-state index is 13.6. The van der Waals surface area contributed by atoms with Crippen molar-refractivity contribution in [2.75, 3.05) is 5.32 Å². The third-order valence-electron chi connectivity index (χ3n) is 3.10. The van der Waals surface area contributed by atoms with Crippen molar-refractivity contribution in [2.24, 2.45) is 0 Å². The van der Waals surface area contributed by atoms with Gasteiger partial charge in [0, 0.05) is 17.1 Å². The Morgan fingerprint density at radius 3 is 2.52 bits per heavy atom. The second kappa shape index (κ2) is 7.31. The molecule has 0 bridgehead atoms. The lowest BCUT2D eigenvalue weighted by atomic mass is 10.2. The molecular weight excluding hydrogens is 355 g/mol. The lowest BCUT2D eigenvalue weighted by molar-refractivity contribution is -0.0498. The summed E-state index contributed by atoms with van der Waals surface area (Å²) in [5, 5.41) is 2.66. The number of anilines is 1. The zero-order valence-corrected chi connectivity index (χ0v) is 13.3. The predicted octanol–water partition coefficient (Wildman–Crippen LogP) is 4.20. The molecule has 0 spiro atoms. The summed E-state index contributed by atoms with van der Waals surface area (Å²) in [6.07, 6.45) is 0. The van der Waals surface area contributed by atoms with Crippen molar-refractivity contribution in [3.05, 3.63) is 59.9 Å². The number of benzene rings is 2. The number of rotatable bonds is 5. The molecular formula is C16H10F3N3O2S. The van der Waals surface area contributed by atoms with Crippen LogP contribution < -0.4 is 10.1 Å². The van der Waals surface area contributed by atoms with Crippen LogP contribution in [0.5, 0.6) is 5.75 Å². The van der Waals surface area contributed by atoms with Crippen LogP contribution in [0.3, 0.4) is 0 Å². The van der Waals surface area contributed by atoms with Crippen molar-refractivity contribution < 1.29 is 22.7 Å². The number of amides is 1. The standard InChI is InChI=1S/C16H10F3N3O2S/c17-12-4-2-1-3-11(12)14(23)21-16-20-13(22-25-16)9-5-7-10(8-6-9)24-15(18)19/h1-8,15H,(H,20,21,22,23). The molecule has 2 aromatic carbocycles. The van der Waals surface area contributed by atoms with Crippen LogP contribution >= 0.6 is 11.5 Å². The van der Waals surface area contributed by atoms with E-state index in [2.05, 4.69) is 19.4 Å². The number of hydrogen-bond acceptors (Lipinski definition) is 5. The third-order valence-corrected chi connectivity index (χ3v) is 3.73. The van der Waals surface area contributed by atoms with E-state index in [-0.39, 0.29) is 16.4 Å². The molecule has 1 heterocycles. The average Bonchev–Trinajstić information content (AvgIpc) is 3.04. The molecule has 0 aliphatic carbocycles. The van der Waals surface area contributed by atoms with Crippen molar-refractivity contribution in [3.63, 3.8) is 0 Å². The number of aromatic nitrogens is 2. The van der Waals surface area contributed by atoms with Gasteiger partial charge in [-0.1, -0.05) is 12.1 Å². The van der Waals surface area contributed by atoms with Gasteiger partial charge in [-0.3, -0.25) is 10.1 Å². The van der Waals surface area contributed by atoms with Gasteiger partial charge >= 0.3 is 6.61 Å². The fraction of sp³-hybridized carbons (Fsp3) is 0.0625. The first-order valence-corrected chi connectivity index (χ1v) is 7.75. The highest BCUT2D eigenvalue weighted by atomic mass is 32.1. The minimum absolute atomic E-state index is 0.0158. The molecule has 1 amide bonds. The fourth-order valence-electron chi connectivity index (χ4n) is 1.99. The number of halogens is 3. The minimum Gasteiger partial charge on any atom is -0.435 e. The second-order valence-electron chi connectivity index (χ2n) is 4.76. The van der Waals surface area contributed by atoms with Gasteiger partial charge in [0.2, 0.25) is 5.13 Å². The van der Waals surface area contributed by atoms with Gasteiger partial charge in [0.25, 0.3) is 5.91 Å². The van der Waals surface area contributed by atoms with Gasteiger partial charge in [-0.2, -0.15) is 18.1 Å². The Bertz CT molecular complexity index is 884. The van der Waals surface area contributed by atoms with Gasteiger partial charge < -0.3 is 4.74 Å². The van der Waals surface area contributed by atoms with Gasteiger partial charge in [0.05, 0.1) is 5.56 Å². The molecule has 0 aliphatic heterocycles. The van der Waals surface area contributed by atoms with Crippen molar-refractivity contribution in [3.8, 4) is 17.1 Å². The van der Waals surface area contributed by atoms with E-state index < -0.39 is 18.3 Å². The molecule has 0 atom stereocenters. The zero-order valence-electron chi connectivity index (χ0n) is 12.4. The SMILES string of the molecule is O=C(Nc1nc(-c2ccc(OC(F)F)cc2)ns1)c1ccccc1F. The normalized spacial score (nSPS) is 10.7. The van der Waals surface area contributed by atoms with Crippen LogP contribution in [0.1, 0.15) is 10.4 Å². The van der Waals surface area contributed by atoms with Gasteiger partial charge in [-0.25, -0.2) is 4.39 Å². The maximum Gasteiger partial charge on any atom is 0.387 e. The van der Waals surface area contributed by atoms with Gasteiger partial charge in [-0.05, 0) is 36.4 Å². The summed E-state index contributed by atoms with van der Waals surface area (Å²) in [5.41, 5.74) is 0.456. The Hall–Kier alpha value is -2.94. The first-order chi connectivity index (χ1) is 12.0. The van der Waals surface area contributed by atoms with Crippen molar-refractivity contribution in [1.29, 1.82) is 0 Å². The molecule has 3 aromatic rings. The van der Waals surface area contributed by atoms with E-state index >= 15 is 0 Å². The van der Waals surface area contributed by atoms with Gasteiger partial charge in [-0.15, -0.1) is 0 Å². The monoisotopic (exact) mass is 365 g/mol. The molecule has 1 aromatic heterocycles. The highest BCUT2D eigenvalue weighted by molar-refractivity contribution is 7.10. The topological polar surface area (TPSA) is 64.1 Å². The van der Waals surface area contributed by atoms with E-state index in [1.165, 1.54) is 42.5 Å². The number of carbonyl (C=O) groups excluding carboxylic acids is 1. The number of carbonyl (C=O) groups is 1. The van der Waals surface area contributed by atoms with Crippen LogP contribution in [0.4, 0.5) is 18.3 Å². The van der Waals surface area contributed by atoms with Crippen LogP contribution in [0.2, 0.25) is 0 Å². The van der Waals surface area contributed by atoms with Crippen molar-refractivity contribution in [1.82, 2.24) is 9.36 Å². The van der Waals surface area contributed by atoms with E-state index in [0.717, 1.165) is 11.5 Å². The molecule has 3 rings (SSSR count). The number of ether oxygens (including phenoxy) is 1. The molecule has 25 heavy (non-hydrogen) atoms. The highest BCUT2D eigenvalue weighted by Gasteiger charge is 2.14. The molecule has 128 valence electrons. The average molecular weight is 365 g/mol. The summed E-state index contributed by atoms with van der Waals surface area (Å²) < 4.78 is 46.2. The smallest absolute Gasteiger partial charge is 0.387 e. The summed E-state index contributed by atoms with van der Waals surface area (Å²) in [7, 11) is 0. The van der Waals surface area contributed by atoms with Crippen LogP contribution in [-0.2, 0) is 0 Å². The van der Waals surface area contributed by atoms with Crippen LogP contribution in [0, 0.1) is 5.82 Å². The lowest BCUT2D eigenvalue weighted by Gasteiger charge is -2.04. The second-order valence-corrected chi connectivity index (χ2v) is 5.51. The Balaban J connectivity index is 1.72. The molecule has 1 N–H and O–H groups in total. The molecule has 0 fully saturated rings. The predicted molar refractivity (Wildman–Crippen MR) is 86.3 cm³/mol. The van der Waals surface area contributed by atoms with E-state index in [0.29, 0.717) is 11.4 Å². The quantitative estimate of drug-likeness (QED) is 0.736. The van der Waals surface area contributed by atoms with Crippen molar-refractivity contribution >= 4 is 22.6 Å². The lowest BCUT2D eigenvalue weighted by Crippen LogP contribution is -2.13. The highest BCUT2D eigenvalue weighted by Crippen LogP contribution is 2.24. The zero-order chi connectivity index (χ0) is 17.8. The first kappa shape index (κ1) is 16.9. The Morgan fingerprint density at radius 2 is 1.84 bits per heavy atom. The summed E-state index contributed by atoms with van der Waals surface area (Å²) in [4.78, 5) is 16.2. The molecule has 9 heteroatoms. The van der Waals surface area contributed by atoms with E-state index in [9.17, 15) is 18.0 Å². The van der Waals surface area contributed by atoms with E-state index in [1.807, 2.05) is 0 Å². The fourth-order valence-corrected chi connectivity index (χ4v) is 2.57. The molecule has 0 saturated heterocycles. The molecule has 0 aliphatic rings. The molecule has 5 nitrogen and oxygen atoms in total. The Labute approximate surface area is 144 Å². The van der Waals surface area contributed by atoms with Gasteiger partial charge in [0.15, 0.2) is 5.82 Å². The van der Waals surface area contributed by atoms with Crippen LogP contribution in [-0.4, -0.2) is 21.9 Å². The Morgan fingerprint density at radius 1 is 1.12 bits per heavy atom. The first-order valence-electron chi connectivity index (χ1n) is 6.98. The minimum atomic E-state index is -2.90. The number of nitrogens with zero attached hydrogens (tertiary/aromatic N) is 2. The summed E-state index contributed by atoms with van der Waals surface area (Å²) in [6, 6.07) is 11.3. The van der Waals surface area contributed by atoms with Crippen molar-refractivity contribution in [2.45, 2.75) is 6.61 Å². The number of nitrogens with one attached hydrogen (secondary N) is 1. The third kappa shape index (κ3) is 4.13. The van der Waals surface area contributed by atoms with Gasteiger partial charge in [0.1, 0.15) is 11.6 Å². The molecule has 0 saturated carbocycles. The van der Waals surface area contributed by atoms with E-state index in [4.69, 9.17) is 0 Å².